The molecule has 3 heterocycles. The Morgan fingerprint density at radius 2 is 2.07 bits per heavy atom. The summed E-state index contributed by atoms with van der Waals surface area (Å²) in [5.41, 5.74) is 7.82. The van der Waals surface area contributed by atoms with E-state index in [-0.39, 0.29) is 11.8 Å². The summed E-state index contributed by atoms with van der Waals surface area (Å²) >= 11 is 1.67. The molecular weight excluding hydrogens is 382 g/mol. The van der Waals surface area contributed by atoms with Crippen molar-refractivity contribution < 1.29 is 4.79 Å². The zero-order valence-electron chi connectivity index (χ0n) is 17.0. The highest BCUT2D eigenvalue weighted by Gasteiger charge is 2.26. The number of carbonyl (C=O) groups excluding carboxylic acids is 1. The van der Waals surface area contributed by atoms with Crippen LogP contribution in [0.5, 0.6) is 0 Å². The molecule has 7 heteroatoms. The normalized spacial score (nSPS) is 17.2. The molecule has 0 aliphatic carbocycles. The van der Waals surface area contributed by atoms with Gasteiger partial charge in [0, 0.05) is 30.5 Å². The van der Waals surface area contributed by atoms with Crippen LogP contribution in [0.1, 0.15) is 25.1 Å². The van der Waals surface area contributed by atoms with Gasteiger partial charge in [0.2, 0.25) is 5.91 Å². The van der Waals surface area contributed by atoms with Crippen molar-refractivity contribution >= 4 is 33.3 Å². The minimum absolute atomic E-state index is 0.224. The number of benzene rings is 1. The van der Waals surface area contributed by atoms with Crippen LogP contribution in [-0.4, -0.2) is 48.0 Å². The van der Waals surface area contributed by atoms with E-state index in [1.165, 1.54) is 11.1 Å². The highest BCUT2D eigenvalue weighted by molar-refractivity contribution is 7.17. The van der Waals surface area contributed by atoms with Crippen molar-refractivity contribution in [1.82, 2.24) is 14.9 Å². The number of thiophene rings is 1. The molecule has 29 heavy (non-hydrogen) atoms. The molecule has 1 aromatic carbocycles. The van der Waals surface area contributed by atoms with Crippen molar-refractivity contribution in [3.8, 4) is 11.1 Å². The lowest BCUT2D eigenvalue weighted by Gasteiger charge is -2.34. The Morgan fingerprint density at radius 1 is 1.28 bits per heavy atom. The van der Waals surface area contributed by atoms with Crippen LogP contribution in [0.15, 0.2) is 35.7 Å². The van der Waals surface area contributed by atoms with Gasteiger partial charge in [-0.3, -0.25) is 4.79 Å². The van der Waals surface area contributed by atoms with Gasteiger partial charge in [-0.25, -0.2) is 9.97 Å². The molecule has 1 amide bonds. The van der Waals surface area contributed by atoms with Crippen molar-refractivity contribution in [2.45, 2.75) is 25.8 Å². The van der Waals surface area contributed by atoms with Crippen molar-refractivity contribution in [3.63, 3.8) is 0 Å². The Balaban J connectivity index is 1.81. The molecule has 0 spiro atoms. The molecule has 2 aromatic heterocycles. The van der Waals surface area contributed by atoms with E-state index >= 15 is 0 Å². The van der Waals surface area contributed by atoms with E-state index in [0.29, 0.717) is 13.0 Å². The van der Waals surface area contributed by atoms with E-state index in [0.717, 1.165) is 47.8 Å². The Labute approximate surface area is 175 Å². The largest absolute Gasteiger partial charge is 0.370 e. The predicted molar refractivity (Wildman–Crippen MR) is 119 cm³/mol. The van der Waals surface area contributed by atoms with Crippen LogP contribution in [0.4, 0.5) is 5.82 Å². The fourth-order valence-electron chi connectivity index (χ4n) is 4.09. The summed E-state index contributed by atoms with van der Waals surface area (Å²) in [6.07, 6.45) is 2.51. The SMILES string of the molecule is CN(C)Cc1nc(N2CCCC(CC(N)=O)C2)c2c(-c3ccccc3)csc2n1. The number of fused-ring (bicyclic) bond motifs is 1. The topological polar surface area (TPSA) is 75.3 Å². The number of carbonyl (C=O) groups is 1. The van der Waals surface area contributed by atoms with Gasteiger partial charge >= 0.3 is 0 Å². The van der Waals surface area contributed by atoms with Gasteiger partial charge in [-0.05, 0) is 38.4 Å². The second kappa shape index (κ2) is 8.47. The quantitative estimate of drug-likeness (QED) is 0.674. The molecule has 2 N–H and O–H groups in total. The van der Waals surface area contributed by atoms with Crippen LogP contribution < -0.4 is 10.6 Å². The van der Waals surface area contributed by atoms with Gasteiger partial charge in [0.15, 0.2) is 0 Å². The van der Waals surface area contributed by atoms with Gasteiger partial charge in [0.25, 0.3) is 0 Å². The van der Waals surface area contributed by atoms with Gasteiger partial charge in [0.1, 0.15) is 16.5 Å². The molecule has 152 valence electrons. The average molecular weight is 410 g/mol. The molecule has 1 aliphatic rings. The third-order valence-electron chi connectivity index (χ3n) is 5.31. The minimum atomic E-state index is -0.224. The first kappa shape index (κ1) is 19.8. The summed E-state index contributed by atoms with van der Waals surface area (Å²) in [7, 11) is 4.06. The maximum atomic E-state index is 11.5. The Kier molecular flexibility index (Phi) is 5.78. The summed E-state index contributed by atoms with van der Waals surface area (Å²) in [5, 5.41) is 3.30. The second-order valence-corrected chi connectivity index (χ2v) is 8.88. The zero-order valence-corrected chi connectivity index (χ0v) is 17.8. The van der Waals surface area contributed by atoms with Gasteiger partial charge in [0.05, 0.1) is 11.9 Å². The van der Waals surface area contributed by atoms with Crippen LogP contribution in [0.2, 0.25) is 0 Å². The summed E-state index contributed by atoms with van der Waals surface area (Å²) in [6, 6.07) is 10.4. The number of aromatic nitrogens is 2. The van der Waals surface area contributed by atoms with E-state index in [9.17, 15) is 4.79 Å². The molecule has 1 unspecified atom stereocenters. The zero-order chi connectivity index (χ0) is 20.4. The molecule has 6 nitrogen and oxygen atoms in total. The smallest absolute Gasteiger partial charge is 0.217 e. The van der Waals surface area contributed by atoms with Crippen LogP contribution >= 0.6 is 11.3 Å². The third kappa shape index (κ3) is 4.41. The fraction of sp³-hybridized carbons (Fsp3) is 0.409. The lowest BCUT2D eigenvalue weighted by Crippen LogP contribution is -2.38. The first-order valence-electron chi connectivity index (χ1n) is 10.0. The number of anilines is 1. The van der Waals surface area contributed by atoms with E-state index < -0.39 is 0 Å². The Hall–Kier alpha value is -2.51. The van der Waals surface area contributed by atoms with E-state index in [4.69, 9.17) is 15.7 Å². The number of nitrogens with two attached hydrogens (primary N) is 1. The van der Waals surface area contributed by atoms with Crippen LogP contribution in [-0.2, 0) is 11.3 Å². The maximum absolute atomic E-state index is 11.5. The molecule has 0 radical (unpaired) electrons. The number of nitrogens with zero attached hydrogens (tertiary/aromatic N) is 4. The van der Waals surface area contributed by atoms with Gasteiger partial charge in [-0.15, -0.1) is 11.3 Å². The first-order chi connectivity index (χ1) is 14.0. The molecule has 1 fully saturated rings. The predicted octanol–water partition coefficient (Wildman–Crippen LogP) is 3.51. The van der Waals surface area contributed by atoms with Crippen LogP contribution in [0, 0.1) is 5.92 Å². The van der Waals surface area contributed by atoms with Gasteiger partial charge in [-0.1, -0.05) is 30.3 Å². The third-order valence-corrected chi connectivity index (χ3v) is 6.18. The Morgan fingerprint density at radius 3 is 2.79 bits per heavy atom. The summed E-state index contributed by atoms with van der Waals surface area (Å²) in [6.45, 7) is 2.44. The summed E-state index contributed by atoms with van der Waals surface area (Å²) in [5.74, 6) is 1.87. The highest BCUT2D eigenvalue weighted by atomic mass is 32.1. The molecule has 1 aliphatic heterocycles. The molecule has 1 saturated heterocycles. The van der Waals surface area contributed by atoms with E-state index in [2.05, 4.69) is 39.4 Å². The number of piperidine rings is 1. The molecule has 4 rings (SSSR count). The number of amides is 1. The van der Waals surface area contributed by atoms with E-state index in [1.54, 1.807) is 11.3 Å². The highest BCUT2D eigenvalue weighted by Crippen LogP contribution is 2.39. The summed E-state index contributed by atoms with van der Waals surface area (Å²) in [4.78, 5) is 26.8. The van der Waals surface area contributed by atoms with Gasteiger partial charge < -0.3 is 15.5 Å². The second-order valence-electron chi connectivity index (χ2n) is 8.02. The molecular formula is C22H27N5OS. The first-order valence-corrected chi connectivity index (χ1v) is 10.9. The monoisotopic (exact) mass is 409 g/mol. The number of hydrogen-bond acceptors (Lipinski definition) is 6. The number of hydrogen-bond donors (Lipinski definition) is 1. The fourth-order valence-corrected chi connectivity index (χ4v) is 5.05. The lowest BCUT2D eigenvalue weighted by atomic mass is 9.94. The number of primary amides is 1. The van der Waals surface area contributed by atoms with Gasteiger partial charge in [-0.2, -0.15) is 0 Å². The van der Waals surface area contributed by atoms with Crippen molar-refractivity contribution in [3.05, 3.63) is 41.5 Å². The van der Waals surface area contributed by atoms with Crippen LogP contribution in [0.3, 0.4) is 0 Å². The van der Waals surface area contributed by atoms with Crippen molar-refractivity contribution in [2.75, 3.05) is 32.1 Å². The van der Waals surface area contributed by atoms with E-state index in [1.807, 2.05) is 20.2 Å². The van der Waals surface area contributed by atoms with Crippen LogP contribution in [0.25, 0.3) is 21.3 Å². The standard InChI is InChI=1S/C22H27N5OS/c1-26(2)13-19-24-21(27-10-6-7-15(12-27)11-18(23)28)20-17(14-29-22(20)25-19)16-8-4-3-5-9-16/h3-5,8-9,14-15H,6-7,10-13H2,1-2H3,(H2,23,28). The average Bonchev–Trinajstić information content (AvgIpc) is 3.11. The Bertz CT molecular complexity index is 1000. The molecule has 0 saturated carbocycles. The molecule has 1 atom stereocenters. The lowest BCUT2D eigenvalue weighted by molar-refractivity contribution is -0.118. The molecule has 3 aromatic rings. The summed E-state index contributed by atoms with van der Waals surface area (Å²) < 4.78 is 0. The minimum Gasteiger partial charge on any atom is -0.370 e. The van der Waals surface area contributed by atoms with Crippen molar-refractivity contribution in [2.24, 2.45) is 11.7 Å². The number of rotatable bonds is 6. The molecule has 0 bridgehead atoms. The maximum Gasteiger partial charge on any atom is 0.217 e. The van der Waals surface area contributed by atoms with Crippen molar-refractivity contribution in [1.29, 1.82) is 0 Å².